The maximum Gasteiger partial charge on any atom is 0.254 e. The summed E-state index contributed by atoms with van der Waals surface area (Å²) < 4.78 is 13.5. The van der Waals surface area contributed by atoms with Crippen molar-refractivity contribution in [2.24, 2.45) is 0 Å². The molecule has 0 aliphatic heterocycles. The van der Waals surface area contributed by atoms with Crippen molar-refractivity contribution in [3.63, 3.8) is 0 Å². The number of hydrogen-bond acceptors (Lipinski definition) is 4. The summed E-state index contributed by atoms with van der Waals surface area (Å²) in [6, 6.07) is 1.32. The highest BCUT2D eigenvalue weighted by Gasteiger charge is 2.14. The quantitative estimate of drug-likeness (QED) is 0.842. The fourth-order valence-electron chi connectivity index (χ4n) is 1.24. The van der Waals surface area contributed by atoms with Gasteiger partial charge >= 0.3 is 0 Å². The van der Waals surface area contributed by atoms with Crippen molar-refractivity contribution >= 4 is 23.5 Å². The van der Waals surface area contributed by atoms with Gasteiger partial charge in [0, 0.05) is 18.0 Å². The molecule has 0 saturated carbocycles. The molecule has 1 atom stereocenters. The molecule has 0 aliphatic carbocycles. The number of amides is 1. The van der Waals surface area contributed by atoms with Crippen molar-refractivity contribution in [1.29, 1.82) is 0 Å². The van der Waals surface area contributed by atoms with Crippen LogP contribution in [-0.2, 0) is 0 Å². The molecule has 0 fully saturated rings. The zero-order valence-corrected chi connectivity index (χ0v) is 10.7. The molecule has 94 valence electrons. The topological polar surface area (TPSA) is 68.0 Å². The Kier molecular flexibility index (Phi) is 5.21. The van der Waals surface area contributed by atoms with E-state index in [0.29, 0.717) is 11.8 Å². The van der Waals surface area contributed by atoms with Gasteiger partial charge in [0.15, 0.2) is 11.6 Å². The summed E-state index contributed by atoms with van der Waals surface area (Å²) in [6.07, 6.45) is 4.17. The van der Waals surface area contributed by atoms with Crippen molar-refractivity contribution in [2.75, 3.05) is 18.5 Å². The second-order valence-electron chi connectivity index (χ2n) is 3.65. The number of hydrogen-bond donors (Lipinski definition) is 2. The lowest BCUT2D eigenvalue weighted by atomic mass is 10.2. The number of rotatable bonds is 5. The standard InChI is InChI=1S/C11H16FN3OS/c1-7(17-2)3-5-15-11(16)8-4-6-14-10(13)9(8)12/h4,6-7H,3,5H2,1-2H3,(H2,13,14)(H,15,16). The van der Waals surface area contributed by atoms with Crippen LogP contribution in [0.25, 0.3) is 0 Å². The number of thioether (sulfide) groups is 1. The third-order valence-corrected chi connectivity index (χ3v) is 3.44. The molecule has 1 rings (SSSR count). The molecule has 0 radical (unpaired) electrons. The molecule has 0 bridgehead atoms. The van der Waals surface area contributed by atoms with Gasteiger partial charge in [-0.1, -0.05) is 6.92 Å². The zero-order chi connectivity index (χ0) is 12.8. The lowest BCUT2D eigenvalue weighted by molar-refractivity contribution is 0.0949. The number of nitrogens with two attached hydrogens (primary N) is 1. The molecule has 6 heteroatoms. The van der Waals surface area contributed by atoms with Crippen LogP contribution < -0.4 is 11.1 Å². The summed E-state index contributed by atoms with van der Waals surface area (Å²) in [4.78, 5) is 15.2. The maximum absolute atomic E-state index is 13.5. The lowest BCUT2D eigenvalue weighted by Gasteiger charge is -2.09. The summed E-state index contributed by atoms with van der Waals surface area (Å²) in [5.41, 5.74) is 5.23. The van der Waals surface area contributed by atoms with Crippen LogP contribution in [0.1, 0.15) is 23.7 Å². The van der Waals surface area contributed by atoms with Crippen molar-refractivity contribution in [3.8, 4) is 0 Å². The zero-order valence-electron chi connectivity index (χ0n) is 9.87. The first-order valence-corrected chi connectivity index (χ1v) is 6.56. The molecule has 0 spiro atoms. The number of halogens is 1. The highest BCUT2D eigenvalue weighted by Crippen LogP contribution is 2.12. The van der Waals surface area contributed by atoms with Gasteiger partial charge in [0.2, 0.25) is 0 Å². The molecule has 3 N–H and O–H groups in total. The van der Waals surface area contributed by atoms with Crippen LogP contribution in [0, 0.1) is 5.82 Å². The van der Waals surface area contributed by atoms with Gasteiger partial charge in [0.1, 0.15) is 0 Å². The highest BCUT2D eigenvalue weighted by atomic mass is 32.2. The van der Waals surface area contributed by atoms with Gasteiger partial charge in [-0.05, 0) is 18.7 Å². The molecule has 4 nitrogen and oxygen atoms in total. The van der Waals surface area contributed by atoms with E-state index < -0.39 is 11.7 Å². The number of carbonyl (C=O) groups is 1. The minimum atomic E-state index is -0.761. The van der Waals surface area contributed by atoms with Crippen molar-refractivity contribution in [1.82, 2.24) is 10.3 Å². The van der Waals surface area contributed by atoms with E-state index in [9.17, 15) is 9.18 Å². The van der Waals surface area contributed by atoms with Crippen LogP contribution in [0.15, 0.2) is 12.3 Å². The van der Waals surface area contributed by atoms with E-state index in [4.69, 9.17) is 5.73 Å². The van der Waals surface area contributed by atoms with E-state index in [0.717, 1.165) is 6.42 Å². The molecule has 1 aromatic heterocycles. The Labute approximate surface area is 104 Å². The highest BCUT2D eigenvalue weighted by molar-refractivity contribution is 7.99. The monoisotopic (exact) mass is 257 g/mol. The number of anilines is 1. The Morgan fingerprint density at radius 3 is 3.06 bits per heavy atom. The normalized spacial score (nSPS) is 12.2. The van der Waals surface area contributed by atoms with Gasteiger partial charge < -0.3 is 11.1 Å². The molecule has 0 aliphatic rings. The summed E-state index contributed by atoms with van der Waals surface area (Å²) in [6.45, 7) is 2.59. The Balaban J connectivity index is 2.56. The molecule has 1 aromatic rings. The van der Waals surface area contributed by atoms with Crippen molar-refractivity contribution in [2.45, 2.75) is 18.6 Å². The number of aromatic nitrogens is 1. The van der Waals surface area contributed by atoms with Crippen LogP contribution in [0.4, 0.5) is 10.2 Å². The average Bonchev–Trinajstić information content (AvgIpc) is 2.32. The molecular weight excluding hydrogens is 241 g/mol. The Hall–Kier alpha value is -1.30. The third kappa shape index (κ3) is 3.89. The number of nitrogens with zero attached hydrogens (tertiary/aromatic N) is 1. The van der Waals surface area contributed by atoms with Gasteiger partial charge in [-0.3, -0.25) is 4.79 Å². The summed E-state index contributed by atoms with van der Waals surface area (Å²) in [5, 5.41) is 3.12. The van der Waals surface area contributed by atoms with E-state index in [1.165, 1.54) is 12.3 Å². The number of nitrogen functional groups attached to an aromatic ring is 1. The summed E-state index contributed by atoms with van der Waals surface area (Å²) in [5.74, 6) is -1.47. The molecule has 17 heavy (non-hydrogen) atoms. The van der Waals surface area contributed by atoms with Crippen molar-refractivity contribution < 1.29 is 9.18 Å². The fourth-order valence-corrected chi connectivity index (χ4v) is 1.59. The van der Waals surface area contributed by atoms with Crippen molar-refractivity contribution in [3.05, 3.63) is 23.6 Å². The van der Waals surface area contributed by atoms with Gasteiger partial charge in [0.25, 0.3) is 5.91 Å². The molecule has 0 saturated heterocycles. The van der Waals surface area contributed by atoms with Crippen LogP contribution in [-0.4, -0.2) is 28.9 Å². The molecular formula is C11H16FN3OS. The first-order valence-electron chi connectivity index (χ1n) is 5.27. The van der Waals surface area contributed by atoms with Crippen LogP contribution in [0.2, 0.25) is 0 Å². The fraction of sp³-hybridized carbons (Fsp3) is 0.455. The van der Waals surface area contributed by atoms with Gasteiger partial charge in [-0.15, -0.1) is 0 Å². The Bertz CT molecular complexity index is 400. The van der Waals surface area contributed by atoms with Crippen LogP contribution in [0.5, 0.6) is 0 Å². The van der Waals surface area contributed by atoms with E-state index in [-0.39, 0.29) is 11.4 Å². The second-order valence-corrected chi connectivity index (χ2v) is 4.92. The average molecular weight is 257 g/mol. The number of pyridine rings is 1. The molecule has 1 unspecified atom stereocenters. The number of carbonyl (C=O) groups excluding carboxylic acids is 1. The predicted molar refractivity (Wildman–Crippen MR) is 68.5 cm³/mol. The first kappa shape index (κ1) is 13.8. The molecule has 1 amide bonds. The minimum absolute atomic E-state index is 0.0608. The van der Waals surface area contributed by atoms with E-state index >= 15 is 0 Å². The van der Waals surface area contributed by atoms with Gasteiger partial charge in [0.05, 0.1) is 5.56 Å². The van der Waals surface area contributed by atoms with Gasteiger partial charge in [-0.25, -0.2) is 9.37 Å². The molecule has 1 heterocycles. The summed E-state index contributed by atoms with van der Waals surface area (Å²) in [7, 11) is 0. The first-order chi connectivity index (χ1) is 8.06. The van der Waals surface area contributed by atoms with Crippen LogP contribution >= 0.6 is 11.8 Å². The van der Waals surface area contributed by atoms with E-state index in [1.807, 2.05) is 6.26 Å². The minimum Gasteiger partial charge on any atom is -0.381 e. The predicted octanol–water partition coefficient (Wildman–Crippen LogP) is 1.67. The van der Waals surface area contributed by atoms with E-state index in [2.05, 4.69) is 17.2 Å². The third-order valence-electron chi connectivity index (χ3n) is 2.40. The number of nitrogens with one attached hydrogen (secondary N) is 1. The molecule has 0 aromatic carbocycles. The largest absolute Gasteiger partial charge is 0.381 e. The van der Waals surface area contributed by atoms with Gasteiger partial charge in [-0.2, -0.15) is 11.8 Å². The van der Waals surface area contributed by atoms with E-state index in [1.54, 1.807) is 11.8 Å². The lowest BCUT2D eigenvalue weighted by Crippen LogP contribution is -2.27. The SMILES string of the molecule is CSC(C)CCNC(=O)c1ccnc(N)c1F. The Morgan fingerprint density at radius 1 is 1.71 bits per heavy atom. The second kappa shape index (κ2) is 6.44. The Morgan fingerprint density at radius 2 is 2.41 bits per heavy atom. The maximum atomic E-state index is 13.5. The van der Waals surface area contributed by atoms with Crippen LogP contribution in [0.3, 0.4) is 0 Å². The smallest absolute Gasteiger partial charge is 0.254 e. The summed E-state index contributed by atoms with van der Waals surface area (Å²) >= 11 is 1.72.